The molecule has 0 saturated heterocycles. The third-order valence-electron chi connectivity index (χ3n) is 5.89. The van der Waals surface area contributed by atoms with Crippen LogP contribution in [0.25, 0.3) is 0 Å². The van der Waals surface area contributed by atoms with E-state index in [-0.39, 0.29) is 22.8 Å². The first-order chi connectivity index (χ1) is 18.7. The number of benzene rings is 3. The molecule has 0 aromatic heterocycles. The summed E-state index contributed by atoms with van der Waals surface area (Å²) in [4.78, 5) is 38.8. The molecule has 0 bridgehead atoms. The van der Waals surface area contributed by atoms with Crippen molar-refractivity contribution in [2.24, 2.45) is 0 Å². The minimum atomic E-state index is -4.27. The number of carbonyl (C=O) groups excluding carboxylic acids is 2. The van der Waals surface area contributed by atoms with Gasteiger partial charge in [-0.1, -0.05) is 41.9 Å². The molecule has 3 rings (SSSR count). The Hall–Kier alpha value is -3.96. The molecule has 3 aromatic carbocycles. The molecule has 0 heterocycles. The third-order valence-corrected chi connectivity index (χ3v) is 7.93. The molecule has 0 saturated carbocycles. The van der Waals surface area contributed by atoms with Crippen molar-refractivity contribution in [3.05, 3.63) is 99.6 Å². The van der Waals surface area contributed by atoms with Crippen molar-refractivity contribution in [1.82, 2.24) is 10.2 Å². The molecule has 3 aromatic rings. The molecule has 2 amide bonds. The van der Waals surface area contributed by atoms with E-state index < -0.39 is 44.9 Å². The number of rotatable bonds is 10. The van der Waals surface area contributed by atoms with Gasteiger partial charge in [-0.2, -0.15) is 0 Å². The molecule has 0 spiro atoms. The predicted octanol–water partition coefficient (Wildman–Crippen LogP) is 4.78. The van der Waals surface area contributed by atoms with Crippen molar-refractivity contribution in [2.45, 2.75) is 50.7 Å². The number of halogens is 1. The van der Waals surface area contributed by atoms with Gasteiger partial charge in [0.1, 0.15) is 12.6 Å². The van der Waals surface area contributed by atoms with Gasteiger partial charge in [0.2, 0.25) is 11.8 Å². The van der Waals surface area contributed by atoms with Crippen LogP contribution in [0.2, 0.25) is 5.02 Å². The largest absolute Gasteiger partial charge is 0.350 e. The Bertz CT molecular complexity index is 1460. The van der Waals surface area contributed by atoms with Crippen LogP contribution >= 0.6 is 11.6 Å². The lowest BCUT2D eigenvalue weighted by molar-refractivity contribution is -0.384. The van der Waals surface area contributed by atoms with E-state index in [1.54, 1.807) is 49.4 Å². The summed E-state index contributed by atoms with van der Waals surface area (Å²) >= 11 is 6.01. The Morgan fingerprint density at radius 2 is 1.55 bits per heavy atom. The fourth-order valence-corrected chi connectivity index (χ4v) is 5.39. The van der Waals surface area contributed by atoms with Crippen LogP contribution in [0.4, 0.5) is 11.4 Å². The van der Waals surface area contributed by atoms with Crippen LogP contribution in [-0.4, -0.2) is 48.2 Å². The van der Waals surface area contributed by atoms with E-state index in [4.69, 9.17) is 11.6 Å². The Balaban J connectivity index is 2.04. The number of sulfonamides is 1. The number of nitro groups is 1. The maximum absolute atomic E-state index is 13.9. The maximum atomic E-state index is 13.9. The molecule has 1 N–H and O–H groups in total. The zero-order valence-corrected chi connectivity index (χ0v) is 24.1. The summed E-state index contributed by atoms with van der Waals surface area (Å²) in [7, 11) is -4.27. The number of hydrogen-bond donors (Lipinski definition) is 1. The van der Waals surface area contributed by atoms with E-state index >= 15 is 0 Å². The average molecular weight is 587 g/mol. The van der Waals surface area contributed by atoms with E-state index in [1.165, 1.54) is 29.2 Å². The van der Waals surface area contributed by atoms with Gasteiger partial charge >= 0.3 is 0 Å². The highest BCUT2D eigenvalue weighted by Gasteiger charge is 2.33. The Morgan fingerprint density at radius 3 is 2.08 bits per heavy atom. The number of nitro benzene ring substituents is 1. The van der Waals surface area contributed by atoms with Crippen LogP contribution in [0.15, 0.2) is 83.8 Å². The van der Waals surface area contributed by atoms with Crippen molar-refractivity contribution >= 4 is 44.8 Å². The Labute approximate surface area is 238 Å². The third kappa shape index (κ3) is 7.80. The highest BCUT2D eigenvalue weighted by Crippen LogP contribution is 2.26. The van der Waals surface area contributed by atoms with Gasteiger partial charge in [-0.3, -0.25) is 24.0 Å². The average Bonchev–Trinajstić information content (AvgIpc) is 2.90. The SMILES string of the molecule is CC(C(=O)NC(C)(C)C)N(Cc1ccc(Cl)cc1)C(=O)CN(c1ccc([N+](=O)[O-])cc1)S(=O)(=O)c1ccccc1. The standard InChI is InChI=1S/C28H31ClN4O6S/c1-20(27(35)30-28(2,3)4)31(18-21-10-12-22(29)13-11-21)26(34)19-32(23-14-16-24(17-15-23)33(36)37)40(38,39)25-8-6-5-7-9-25/h5-17,20H,18-19H2,1-4H3,(H,30,35). The van der Waals surface area contributed by atoms with Gasteiger partial charge in [0, 0.05) is 29.2 Å². The van der Waals surface area contributed by atoms with E-state index in [2.05, 4.69) is 5.32 Å². The Morgan fingerprint density at radius 1 is 0.975 bits per heavy atom. The number of hydrogen-bond acceptors (Lipinski definition) is 6. The summed E-state index contributed by atoms with van der Waals surface area (Å²) in [5, 5.41) is 14.5. The quantitative estimate of drug-likeness (QED) is 0.269. The second kappa shape index (κ2) is 12.5. The lowest BCUT2D eigenvalue weighted by Crippen LogP contribution is -2.54. The first kappa shape index (κ1) is 30.6. The molecule has 12 heteroatoms. The molecule has 10 nitrogen and oxygen atoms in total. The first-order valence-corrected chi connectivity index (χ1v) is 14.2. The van der Waals surface area contributed by atoms with Crippen molar-refractivity contribution in [3.63, 3.8) is 0 Å². The normalized spacial score (nSPS) is 12.3. The van der Waals surface area contributed by atoms with Gasteiger partial charge < -0.3 is 10.2 Å². The number of nitrogens with zero attached hydrogens (tertiary/aromatic N) is 3. The summed E-state index contributed by atoms with van der Waals surface area (Å²) in [5.74, 6) is -1.06. The summed E-state index contributed by atoms with van der Waals surface area (Å²) < 4.78 is 28.3. The highest BCUT2D eigenvalue weighted by molar-refractivity contribution is 7.92. The number of carbonyl (C=O) groups is 2. The van der Waals surface area contributed by atoms with Gasteiger partial charge in [-0.25, -0.2) is 8.42 Å². The minimum Gasteiger partial charge on any atom is -0.350 e. The fraction of sp³-hybridized carbons (Fsp3) is 0.286. The van der Waals surface area contributed by atoms with Crippen LogP contribution in [0.5, 0.6) is 0 Å². The molecule has 1 atom stereocenters. The molecular weight excluding hydrogens is 556 g/mol. The summed E-state index contributed by atoms with van der Waals surface area (Å²) in [6, 6.07) is 18.2. The summed E-state index contributed by atoms with van der Waals surface area (Å²) in [5.41, 5.74) is -0.0622. The van der Waals surface area contributed by atoms with Gasteiger partial charge in [0.05, 0.1) is 15.5 Å². The van der Waals surface area contributed by atoms with Crippen LogP contribution in [0.3, 0.4) is 0 Å². The number of anilines is 1. The van der Waals surface area contributed by atoms with E-state index in [9.17, 15) is 28.1 Å². The maximum Gasteiger partial charge on any atom is 0.269 e. The molecule has 1 unspecified atom stereocenters. The van der Waals surface area contributed by atoms with E-state index in [1.807, 2.05) is 20.8 Å². The fourth-order valence-electron chi connectivity index (χ4n) is 3.83. The molecule has 0 fully saturated rings. The zero-order valence-electron chi connectivity index (χ0n) is 22.6. The zero-order chi connectivity index (χ0) is 29.7. The van der Waals surface area contributed by atoms with Crippen LogP contribution in [0, 0.1) is 10.1 Å². The van der Waals surface area contributed by atoms with Crippen LogP contribution < -0.4 is 9.62 Å². The number of non-ortho nitro benzene ring substituents is 1. The smallest absolute Gasteiger partial charge is 0.269 e. The van der Waals surface area contributed by atoms with Crippen molar-refractivity contribution in [3.8, 4) is 0 Å². The van der Waals surface area contributed by atoms with Gasteiger partial charge in [-0.05, 0) is 69.7 Å². The highest BCUT2D eigenvalue weighted by atomic mass is 35.5. The lowest BCUT2D eigenvalue weighted by atomic mass is 10.1. The minimum absolute atomic E-state index is 0.00815. The van der Waals surface area contributed by atoms with E-state index in [0.717, 1.165) is 16.4 Å². The summed E-state index contributed by atoms with van der Waals surface area (Å²) in [6.45, 7) is 6.35. The van der Waals surface area contributed by atoms with Gasteiger partial charge in [-0.15, -0.1) is 0 Å². The second-order valence-corrected chi connectivity index (χ2v) is 12.5. The number of nitrogens with one attached hydrogen (secondary N) is 1. The van der Waals surface area contributed by atoms with Gasteiger partial charge in [0.25, 0.3) is 15.7 Å². The summed E-state index contributed by atoms with van der Waals surface area (Å²) in [6.07, 6.45) is 0. The predicted molar refractivity (Wildman–Crippen MR) is 153 cm³/mol. The molecule has 0 radical (unpaired) electrons. The molecule has 212 valence electrons. The van der Waals surface area contributed by atoms with Crippen molar-refractivity contribution < 1.29 is 22.9 Å². The molecular formula is C28H31ClN4O6S. The molecule has 40 heavy (non-hydrogen) atoms. The molecule has 0 aliphatic carbocycles. The lowest BCUT2D eigenvalue weighted by Gasteiger charge is -2.33. The molecule has 0 aliphatic rings. The second-order valence-electron chi connectivity index (χ2n) is 10.2. The van der Waals surface area contributed by atoms with Crippen LogP contribution in [-0.2, 0) is 26.2 Å². The number of amides is 2. The van der Waals surface area contributed by atoms with E-state index in [0.29, 0.717) is 10.6 Å². The molecule has 0 aliphatic heterocycles. The van der Waals surface area contributed by atoms with Crippen molar-refractivity contribution in [2.75, 3.05) is 10.8 Å². The Kier molecular flexibility index (Phi) is 9.54. The van der Waals surface area contributed by atoms with Crippen LogP contribution in [0.1, 0.15) is 33.3 Å². The van der Waals surface area contributed by atoms with Crippen molar-refractivity contribution in [1.29, 1.82) is 0 Å². The monoisotopic (exact) mass is 586 g/mol. The van der Waals surface area contributed by atoms with Gasteiger partial charge in [0.15, 0.2) is 0 Å². The first-order valence-electron chi connectivity index (χ1n) is 12.4. The topological polar surface area (TPSA) is 130 Å².